The highest BCUT2D eigenvalue weighted by atomic mass is 16.3. The number of phenolic OH excluding ortho intramolecular Hbond substituents is 3. The standard InChI is InChI=1S/C15H16N2O4/c1-9-6-10(17(3)15(21)16(9)2)4-5-12-13(19)7-11(18)8-14(12)20/h4-8H,1-3H3,(H2,18,19,20)/p+1. The van der Waals surface area contributed by atoms with Crippen molar-refractivity contribution in [3.8, 4) is 17.2 Å². The van der Waals surface area contributed by atoms with Crippen LogP contribution in [0, 0.1) is 6.92 Å². The van der Waals surface area contributed by atoms with Crippen molar-refractivity contribution in [2.75, 3.05) is 0 Å². The Balaban J connectivity index is 2.51. The average molecular weight is 289 g/mol. The molecule has 3 N–H and O–H groups in total. The summed E-state index contributed by atoms with van der Waals surface area (Å²) in [6, 6.07) is 4.08. The number of nitrogens with zero attached hydrogens (tertiary/aromatic N) is 2. The van der Waals surface area contributed by atoms with Crippen LogP contribution in [0.25, 0.3) is 12.2 Å². The number of benzene rings is 1. The van der Waals surface area contributed by atoms with Gasteiger partial charge in [0.05, 0.1) is 19.7 Å². The molecule has 0 aliphatic rings. The van der Waals surface area contributed by atoms with Crippen molar-refractivity contribution in [2.24, 2.45) is 14.1 Å². The van der Waals surface area contributed by atoms with Gasteiger partial charge in [-0.05, 0) is 19.1 Å². The van der Waals surface area contributed by atoms with Crippen LogP contribution in [0.15, 0.2) is 23.0 Å². The summed E-state index contributed by atoms with van der Waals surface area (Å²) < 4.78 is 2.98. The Hall–Kier alpha value is -2.76. The number of hydrogen-bond donors (Lipinski definition) is 3. The van der Waals surface area contributed by atoms with E-state index in [4.69, 9.17) is 0 Å². The van der Waals surface area contributed by atoms with E-state index in [1.807, 2.05) is 13.0 Å². The van der Waals surface area contributed by atoms with Crippen molar-refractivity contribution in [1.29, 1.82) is 0 Å². The van der Waals surface area contributed by atoms with Crippen LogP contribution in [-0.2, 0) is 14.1 Å². The molecule has 0 radical (unpaired) electrons. The van der Waals surface area contributed by atoms with Crippen molar-refractivity contribution < 1.29 is 19.9 Å². The first-order chi connectivity index (χ1) is 9.81. The normalized spacial score (nSPS) is 11.2. The summed E-state index contributed by atoms with van der Waals surface area (Å²) in [6.45, 7) is 1.81. The van der Waals surface area contributed by atoms with Crippen molar-refractivity contribution in [3.05, 3.63) is 45.6 Å². The van der Waals surface area contributed by atoms with Gasteiger partial charge in [-0.25, -0.2) is 0 Å². The van der Waals surface area contributed by atoms with Crippen molar-refractivity contribution in [3.63, 3.8) is 0 Å². The third kappa shape index (κ3) is 2.74. The van der Waals surface area contributed by atoms with Crippen LogP contribution in [0.3, 0.4) is 0 Å². The zero-order chi connectivity index (χ0) is 15.7. The van der Waals surface area contributed by atoms with Crippen LogP contribution in [-0.4, -0.2) is 19.9 Å². The number of aryl methyl sites for hydroxylation is 1. The fourth-order valence-corrected chi connectivity index (χ4v) is 2.00. The van der Waals surface area contributed by atoms with Crippen LogP contribution >= 0.6 is 0 Å². The third-order valence-corrected chi connectivity index (χ3v) is 3.39. The van der Waals surface area contributed by atoms with Gasteiger partial charge in [0.2, 0.25) is 0 Å². The Morgan fingerprint density at radius 2 is 1.67 bits per heavy atom. The molecule has 0 aliphatic heterocycles. The Morgan fingerprint density at radius 1 is 1.10 bits per heavy atom. The van der Waals surface area contributed by atoms with E-state index < -0.39 is 0 Å². The summed E-state index contributed by atoms with van der Waals surface area (Å²) in [4.78, 5) is 12.0. The topological polar surface area (TPSA) is 86.6 Å². The van der Waals surface area contributed by atoms with E-state index in [2.05, 4.69) is 0 Å². The molecule has 2 aromatic rings. The molecule has 0 bridgehead atoms. The summed E-state index contributed by atoms with van der Waals surface area (Å²) >= 11 is 0. The third-order valence-electron chi connectivity index (χ3n) is 3.39. The zero-order valence-electron chi connectivity index (χ0n) is 12.0. The lowest BCUT2D eigenvalue weighted by Gasteiger charge is -2.04. The highest BCUT2D eigenvalue weighted by molar-refractivity contribution is 5.74. The maximum atomic E-state index is 12.0. The van der Waals surface area contributed by atoms with E-state index in [1.54, 1.807) is 20.2 Å². The quantitative estimate of drug-likeness (QED) is 0.714. The molecule has 2 rings (SSSR count). The fraction of sp³-hybridized carbons (Fsp3) is 0.200. The first-order valence-corrected chi connectivity index (χ1v) is 6.31. The average Bonchev–Trinajstić information content (AvgIpc) is 2.40. The van der Waals surface area contributed by atoms with Gasteiger partial charge in [0.15, 0.2) is 0 Å². The number of rotatable bonds is 2. The molecule has 0 saturated carbocycles. The minimum atomic E-state index is -0.244. The van der Waals surface area contributed by atoms with Gasteiger partial charge in [-0.2, -0.15) is 13.9 Å². The largest absolute Gasteiger partial charge is 0.508 e. The molecule has 0 amide bonds. The highest BCUT2D eigenvalue weighted by Gasteiger charge is 2.12. The second-order valence-electron chi connectivity index (χ2n) is 4.84. The molecular weight excluding hydrogens is 272 g/mol. The smallest absolute Gasteiger partial charge is 0.498 e. The minimum absolute atomic E-state index is 0.172. The predicted octanol–water partition coefficient (Wildman–Crippen LogP) is 0.805. The number of hydrogen-bond acceptors (Lipinski definition) is 4. The second-order valence-corrected chi connectivity index (χ2v) is 4.84. The molecule has 1 heterocycles. The molecule has 1 aromatic carbocycles. The Kier molecular flexibility index (Phi) is 3.71. The molecule has 0 spiro atoms. The Morgan fingerprint density at radius 3 is 2.24 bits per heavy atom. The van der Waals surface area contributed by atoms with Crippen LogP contribution < -0.4 is 10.3 Å². The lowest BCUT2D eigenvalue weighted by Crippen LogP contribution is -2.53. The van der Waals surface area contributed by atoms with Gasteiger partial charge in [0, 0.05) is 18.2 Å². The van der Waals surface area contributed by atoms with Crippen LogP contribution in [0.2, 0.25) is 0 Å². The highest BCUT2D eigenvalue weighted by Crippen LogP contribution is 2.33. The lowest BCUT2D eigenvalue weighted by atomic mass is 10.1. The zero-order valence-corrected chi connectivity index (χ0v) is 12.0. The number of aromatic hydroxyl groups is 3. The van der Waals surface area contributed by atoms with Crippen molar-refractivity contribution in [1.82, 2.24) is 4.57 Å². The minimum Gasteiger partial charge on any atom is -0.508 e. The van der Waals surface area contributed by atoms with Crippen molar-refractivity contribution in [2.45, 2.75) is 6.92 Å². The van der Waals surface area contributed by atoms with E-state index in [0.29, 0.717) is 5.69 Å². The number of aromatic nitrogens is 2. The summed E-state index contributed by atoms with van der Waals surface area (Å²) in [5.41, 5.74) is 1.42. The Bertz CT molecular complexity index is 768. The molecular formula is C15H17N2O4+. The molecule has 6 nitrogen and oxygen atoms in total. The molecule has 0 aliphatic carbocycles. The first-order valence-electron chi connectivity index (χ1n) is 6.31. The van der Waals surface area contributed by atoms with E-state index in [0.717, 1.165) is 17.8 Å². The molecule has 110 valence electrons. The monoisotopic (exact) mass is 289 g/mol. The molecule has 0 fully saturated rings. The summed E-state index contributed by atoms with van der Waals surface area (Å²) in [7, 11) is 3.32. The molecule has 21 heavy (non-hydrogen) atoms. The molecule has 0 atom stereocenters. The maximum Gasteiger partial charge on any atom is 0.498 e. The molecule has 0 unspecified atom stereocenters. The van der Waals surface area contributed by atoms with Crippen molar-refractivity contribution >= 4 is 12.2 Å². The first kappa shape index (κ1) is 14.6. The summed E-state index contributed by atoms with van der Waals surface area (Å²) in [5.74, 6) is -0.712. The van der Waals surface area contributed by atoms with E-state index in [9.17, 15) is 20.1 Å². The summed E-state index contributed by atoms with van der Waals surface area (Å²) in [5, 5.41) is 28.7. The second kappa shape index (κ2) is 5.32. The van der Waals surface area contributed by atoms with Gasteiger partial charge < -0.3 is 15.3 Å². The van der Waals surface area contributed by atoms with Gasteiger partial charge in [-0.3, -0.25) is 0 Å². The van der Waals surface area contributed by atoms with E-state index >= 15 is 0 Å². The summed E-state index contributed by atoms with van der Waals surface area (Å²) in [6.07, 6.45) is 3.10. The lowest BCUT2D eigenvalue weighted by molar-refractivity contribution is -0.692. The predicted molar refractivity (Wildman–Crippen MR) is 78.0 cm³/mol. The van der Waals surface area contributed by atoms with Gasteiger partial charge in [-0.15, -0.1) is 0 Å². The molecule has 6 heteroatoms. The van der Waals surface area contributed by atoms with Gasteiger partial charge in [0.25, 0.3) is 0 Å². The fourth-order valence-electron chi connectivity index (χ4n) is 2.00. The van der Waals surface area contributed by atoms with Crippen LogP contribution in [0.4, 0.5) is 0 Å². The SMILES string of the molecule is Cc1cc(/C=C/c2c(O)cc(O)cc2O)[n+](C)c(=O)n1C. The molecule has 1 aromatic heterocycles. The number of phenols is 3. The van der Waals surface area contributed by atoms with E-state index in [-0.39, 0.29) is 28.5 Å². The van der Waals surface area contributed by atoms with Crippen LogP contribution in [0.1, 0.15) is 17.0 Å². The van der Waals surface area contributed by atoms with Crippen LogP contribution in [0.5, 0.6) is 17.2 Å². The van der Waals surface area contributed by atoms with Gasteiger partial charge in [-0.1, -0.05) is 0 Å². The maximum absolute atomic E-state index is 12.0. The Labute approximate surface area is 121 Å². The van der Waals surface area contributed by atoms with Gasteiger partial charge >= 0.3 is 5.69 Å². The van der Waals surface area contributed by atoms with Gasteiger partial charge in [0.1, 0.15) is 28.6 Å². The molecule has 0 saturated heterocycles. The van der Waals surface area contributed by atoms with E-state index in [1.165, 1.54) is 15.2 Å².